The van der Waals surface area contributed by atoms with Crippen LogP contribution < -0.4 is 0 Å². The van der Waals surface area contributed by atoms with Crippen LogP contribution in [0, 0.1) is 5.92 Å². The molecule has 0 bridgehead atoms. The molecule has 0 fully saturated rings. The van der Waals surface area contributed by atoms with Gasteiger partial charge in [-0.1, -0.05) is 71.1 Å². The van der Waals surface area contributed by atoms with Gasteiger partial charge in [0, 0.05) is 12.0 Å². The second-order valence-corrected chi connectivity index (χ2v) is 9.75. The van der Waals surface area contributed by atoms with E-state index in [1.54, 1.807) is 37.3 Å². The van der Waals surface area contributed by atoms with Crippen LogP contribution in [0.5, 0.6) is 0 Å². The van der Waals surface area contributed by atoms with Gasteiger partial charge in [-0.15, -0.1) is 3.82 Å². The van der Waals surface area contributed by atoms with Crippen molar-refractivity contribution < 1.29 is 13.5 Å². The smallest absolute Gasteiger partial charge is 0.256 e. The number of nitrogens with zero attached hydrogens (tertiary/aromatic N) is 1. The molecule has 150 valence electrons. The maximum absolute atomic E-state index is 13.0. The Morgan fingerprint density at radius 1 is 1.12 bits per heavy atom. The Kier molecular flexibility index (Phi) is 9.59. The molecule has 26 heavy (non-hydrogen) atoms. The highest BCUT2D eigenvalue weighted by Crippen LogP contribution is 2.35. The van der Waals surface area contributed by atoms with E-state index in [4.69, 9.17) is 11.8 Å². The first-order valence-corrected chi connectivity index (χ1v) is 11.4. The maximum atomic E-state index is 13.0. The summed E-state index contributed by atoms with van der Waals surface area (Å²) in [4.78, 5) is 0.177. The molecule has 1 unspecified atom stereocenters. The average Bonchev–Trinajstić information content (AvgIpc) is 2.63. The molecular weight excluding hydrogens is 370 g/mol. The van der Waals surface area contributed by atoms with Crippen LogP contribution in [0.1, 0.15) is 72.6 Å². The highest BCUT2D eigenvalue weighted by Gasteiger charge is 2.40. The van der Waals surface area contributed by atoms with Crippen LogP contribution in [0.15, 0.2) is 35.2 Å². The van der Waals surface area contributed by atoms with Crippen LogP contribution in [0.2, 0.25) is 0 Å². The number of hydrogen-bond donors (Lipinski definition) is 1. The molecule has 0 aliphatic heterocycles. The molecular formula is C20H34ClNO3S. The van der Waals surface area contributed by atoms with Crippen LogP contribution in [-0.2, 0) is 10.0 Å². The number of hydrogen-bond acceptors (Lipinski definition) is 3. The van der Waals surface area contributed by atoms with Gasteiger partial charge in [0.25, 0.3) is 10.0 Å². The first-order chi connectivity index (χ1) is 12.2. The molecule has 0 aliphatic rings. The standard InChI is InChI=1S/C20H34ClNO3S/c1-5-7-10-15-19(17(3)20(4,23)16-8-6-2)22(21)26(24,25)18-13-11-9-12-14-18/h9,11-14,17,19,23H,5-8,10,15-16H2,1-4H3/t17-,19?,20-/m0/s1. The molecule has 0 radical (unpaired) electrons. The average molecular weight is 404 g/mol. The number of aliphatic hydroxyl groups is 1. The predicted molar refractivity (Wildman–Crippen MR) is 109 cm³/mol. The van der Waals surface area contributed by atoms with Crippen molar-refractivity contribution in [1.82, 2.24) is 3.82 Å². The zero-order valence-electron chi connectivity index (χ0n) is 16.5. The van der Waals surface area contributed by atoms with Crippen molar-refractivity contribution in [2.24, 2.45) is 5.92 Å². The molecule has 0 spiro atoms. The van der Waals surface area contributed by atoms with Gasteiger partial charge >= 0.3 is 0 Å². The first-order valence-electron chi connectivity index (χ1n) is 9.66. The van der Waals surface area contributed by atoms with Gasteiger partial charge in [0.2, 0.25) is 0 Å². The highest BCUT2D eigenvalue weighted by atomic mass is 35.5. The third-order valence-corrected chi connectivity index (χ3v) is 7.62. The Hall–Kier alpha value is -0.620. The first kappa shape index (κ1) is 23.4. The van der Waals surface area contributed by atoms with Crippen molar-refractivity contribution in [3.05, 3.63) is 30.3 Å². The largest absolute Gasteiger partial charge is 0.390 e. The molecule has 1 aromatic rings. The molecule has 0 saturated heterocycles. The topological polar surface area (TPSA) is 57.6 Å². The van der Waals surface area contributed by atoms with E-state index in [0.29, 0.717) is 12.8 Å². The molecule has 6 heteroatoms. The molecule has 1 N–H and O–H groups in total. The van der Waals surface area contributed by atoms with E-state index in [0.717, 1.165) is 35.9 Å². The molecule has 4 nitrogen and oxygen atoms in total. The summed E-state index contributed by atoms with van der Waals surface area (Å²) in [6.45, 7) is 7.88. The quantitative estimate of drug-likeness (QED) is 0.377. The van der Waals surface area contributed by atoms with Crippen LogP contribution in [-0.4, -0.2) is 29.0 Å². The molecule has 0 aliphatic carbocycles. The minimum atomic E-state index is -3.81. The van der Waals surface area contributed by atoms with Crippen molar-refractivity contribution >= 4 is 21.8 Å². The fourth-order valence-electron chi connectivity index (χ4n) is 3.18. The number of sulfonamides is 1. The van der Waals surface area contributed by atoms with Gasteiger partial charge in [0.15, 0.2) is 0 Å². The summed E-state index contributed by atoms with van der Waals surface area (Å²) >= 11 is 6.42. The summed E-state index contributed by atoms with van der Waals surface area (Å²) in [5, 5.41) is 10.9. The third kappa shape index (κ3) is 6.22. The molecule has 0 amide bonds. The fourth-order valence-corrected chi connectivity index (χ4v) is 5.03. The monoisotopic (exact) mass is 403 g/mol. The summed E-state index contributed by atoms with van der Waals surface area (Å²) in [5.74, 6) is -0.276. The van der Waals surface area contributed by atoms with Gasteiger partial charge in [-0.2, -0.15) is 0 Å². The Morgan fingerprint density at radius 2 is 1.69 bits per heavy atom. The zero-order chi connectivity index (χ0) is 19.8. The van der Waals surface area contributed by atoms with Crippen LogP contribution in [0.4, 0.5) is 0 Å². The normalized spacial score (nSPS) is 17.0. The molecule has 1 rings (SSSR count). The molecule has 3 atom stereocenters. The van der Waals surface area contributed by atoms with E-state index in [1.165, 1.54) is 0 Å². The van der Waals surface area contributed by atoms with Crippen LogP contribution in [0.25, 0.3) is 0 Å². The van der Waals surface area contributed by atoms with E-state index in [-0.39, 0.29) is 10.8 Å². The second-order valence-electron chi connectivity index (χ2n) is 7.37. The molecule has 0 heterocycles. The number of halogens is 1. The van der Waals surface area contributed by atoms with Crippen molar-refractivity contribution in [1.29, 1.82) is 0 Å². The van der Waals surface area contributed by atoms with Gasteiger partial charge in [-0.3, -0.25) is 0 Å². The Bertz CT molecular complexity index is 619. The van der Waals surface area contributed by atoms with E-state index in [1.807, 2.05) is 6.92 Å². The van der Waals surface area contributed by atoms with Crippen LogP contribution >= 0.6 is 11.8 Å². The zero-order valence-corrected chi connectivity index (χ0v) is 18.1. The van der Waals surface area contributed by atoms with Crippen molar-refractivity contribution in [3.8, 4) is 0 Å². The number of rotatable bonds is 12. The van der Waals surface area contributed by atoms with Crippen molar-refractivity contribution in [2.75, 3.05) is 0 Å². The lowest BCUT2D eigenvalue weighted by atomic mass is 9.80. The Labute approximate surface area is 164 Å². The van der Waals surface area contributed by atoms with Crippen molar-refractivity contribution in [2.45, 2.75) is 89.2 Å². The van der Waals surface area contributed by atoms with E-state index in [2.05, 4.69) is 13.8 Å². The van der Waals surface area contributed by atoms with Crippen LogP contribution in [0.3, 0.4) is 0 Å². The van der Waals surface area contributed by atoms with E-state index in [9.17, 15) is 13.5 Å². The number of unbranched alkanes of at least 4 members (excludes halogenated alkanes) is 3. The molecule has 0 saturated carbocycles. The number of benzene rings is 1. The second kappa shape index (κ2) is 10.6. The minimum Gasteiger partial charge on any atom is -0.390 e. The van der Waals surface area contributed by atoms with E-state index < -0.39 is 21.7 Å². The summed E-state index contributed by atoms with van der Waals surface area (Å²) in [5.41, 5.74) is -0.966. The summed E-state index contributed by atoms with van der Waals surface area (Å²) in [6, 6.07) is 7.78. The maximum Gasteiger partial charge on any atom is 0.256 e. The Morgan fingerprint density at radius 3 is 2.23 bits per heavy atom. The summed E-state index contributed by atoms with van der Waals surface area (Å²) in [7, 11) is -3.81. The fraction of sp³-hybridized carbons (Fsp3) is 0.700. The Balaban J connectivity index is 3.11. The van der Waals surface area contributed by atoms with Gasteiger partial charge in [-0.05, 0) is 43.7 Å². The van der Waals surface area contributed by atoms with Gasteiger partial charge in [-0.25, -0.2) is 8.42 Å². The SMILES string of the molecule is CCCCCC([C@H](C)[C@@](C)(O)CCCC)N(Cl)S(=O)(=O)c1ccccc1. The van der Waals surface area contributed by atoms with Gasteiger partial charge < -0.3 is 5.11 Å². The van der Waals surface area contributed by atoms with Crippen molar-refractivity contribution in [3.63, 3.8) is 0 Å². The summed E-state index contributed by atoms with van der Waals surface area (Å²) in [6.07, 6.45) is 6.07. The summed E-state index contributed by atoms with van der Waals surface area (Å²) < 4.78 is 26.9. The van der Waals surface area contributed by atoms with Gasteiger partial charge in [0.05, 0.1) is 10.5 Å². The highest BCUT2D eigenvalue weighted by molar-refractivity contribution is 7.90. The lowest BCUT2D eigenvalue weighted by Gasteiger charge is -2.39. The predicted octanol–water partition coefficient (Wildman–Crippen LogP) is 5.36. The third-order valence-electron chi connectivity index (χ3n) is 5.23. The van der Waals surface area contributed by atoms with Gasteiger partial charge in [0.1, 0.15) is 0 Å². The lowest BCUT2D eigenvalue weighted by Crippen LogP contribution is -2.47. The lowest BCUT2D eigenvalue weighted by molar-refractivity contribution is -0.0240. The van der Waals surface area contributed by atoms with E-state index >= 15 is 0 Å². The minimum absolute atomic E-state index is 0.177. The molecule has 0 aromatic heterocycles. The molecule has 1 aromatic carbocycles.